The van der Waals surface area contributed by atoms with Gasteiger partial charge in [-0.3, -0.25) is 13.9 Å². The standard InChI is InChI=1S/C14H31Cl2N3O8P2/c15-6-10-19(11-7-16)9-2-1-4-12(17)13(20)18-8-3-5-14(21,28(22,23)24)29(25,26)27/h12,21H,1-11,17H2,(H,18,20)(H2,22,23,24)(H2,25,26,27)/t12-/m0/s1. The Bertz CT molecular complexity index is 561. The largest absolute Gasteiger partial charge is 0.369 e. The van der Waals surface area contributed by atoms with Crippen molar-refractivity contribution in [2.24, 2.45) is 5.73 Å². The topological polar surface area (TPSA) is 194 Å². The summed E-state index contributed by atoms with van der Waals surface area (Å²) < 4.78 is 22.5. The zero-order valence-electron chi connectivity index (χ0n) is 16.0. The van der Waals surface area contributed by atoms with E-state index in [1.807, 2.05) is 0 Å². The van der Waals surface area contributed by atoms with E-state index in [1.54, 1.807) is 0 Å². The molecule has 0 rings (SSSR count). The second-order valence-electron chi connectivity index (χ2n) is 6.58. The summed E-state index contributed by atoms with van der Waals surface area (Å²) in [5.74, 6) is 0.495. The fraction of sp³-hybridized carbons (Fsp3) is 0.929. The molecule has 0 unspecified atom stereocenters. The maximum absolute atomic E-state index is 11.9. The molecule has 1 atom stereocenters. The number of halogens is 2. The van der Waals surface area contributed by atoms with E-state index in [-0.39, 0.29) is 13.0 Å². The number of nitrogens with one attached hydrogen (secondary N) is 1. The molecular weight excluding hydrogens is 471 g/mol. The van der Waals surface area contributed by atoms with Gasteiger partial charge < -0.3 is 40.6 Å². The second-order valence-corrected chi connectivity index (χ2v) is 11.3. The highest BCUT2D eigenvalue weighted by Gasteiger charge is 2.58. The van der Waals surface area contributed by atoms with E-state index in [0.717, 1.165) is 26.1 Å². The van der Waals surface area contributed by atoms with Gasteiger partial charge >= 0.3 is 15.2 Å². The van der Waals surface area contributed by atoms with Crippen LogP contribution in [0.3, 0.4) is 0 Å². The molecule has 0 aromatic carbocycles. The number of unbranched alkanes of at least 4 members (excludes halogenated alkanes) is 1. The van der Waals surface area contributed by atoms with Gasteiger partial charge in [-0.15, -0.1) is 23.2 Å². The van der Waals surface area contributed by atoms with Crippen molar-refractivity contribution in [2.45, 2.75) is 43.2 Å². The normalized spacial score (nSPS) is 14.2. The monoisotopic (exact) mass is 501 g/mol. The minimum atomic E-state index is -5.49. The van der Waals surface area contributed by atoms with Crippen molar-refractivity contribution >= 4 is 44.3 Å². The van der Waals surface area contributed by atoms with Crippen LogP contribution in [0.4, 0.5) is 0 Å². The van der Waals surface area contributed by atoms with Gasteiger partial charge in [-0.05, 0) is 25.8 Å². The lowest BCUT2D eigenvalue weighted by atomic mass is 10.1. The van der Waals surface area contributed by atoms with Crippen LogP contribution in [0.5, 0.6) is 0 Å². The Morgan fingerprint density at radius 2 is 1.52 bits per heavy atom. The van der Waals surface area contributed by atoms with E-state index in [1.165, 1.54) is 0 Å². The molecule has 29 heavy (non-hydrogen) atoms. The molecule has 1 amide bonds. The van der Waals surface area contributed by atoms with E-state index >= 15 is 0 Å². The molecule has 0 saturated heterocycles. The Morgan fingerprint density at radius 1 is 1.00 bits per heavy atom. The molecule has 0 heterocycles. The maximum Gasteiger partial charge on any atom is 0.369 e. The summed E-state index contributed by atoms with van der Waals surface area (Å²) in [6.07, 6.45) is 0.736. The fourth-order valence-corrected chi connectivity index (χ4v) is 5.27. The van der Waals surface area contributed by atoms with Crippen molar-refractivity contribution in [3.05, 3.63) is 0 Å². The van der Waals surface area contributed by atoms with E-state index < -0.39 is 38.6 Å². The molecule has 0 aliphatic heterocycles. The van der Waals surface area contributed by atoms with Crippen molar-refractivity contribution in [3.8, 4) is 0 Å². The highest BCUT2D eigenvalue weighted by molar-refractivity contribution is 7.72. The fourth-order valence-electron chi connectivity index (χ4n) is 2.53. The summed E-state index contributed by atoms with van der Waals surface area (Å²) in [4.78, 5) is 50.2. The number of alkyl halides is 2. The molecule has 174 valence electrons. The van der Waals surface area contributed by atoms with Crippen LogP contribution >= 0.6 is 38.4 Å². The van der Waals surface area contributed by atoms with Gasteiger partial charge in [0.1, 0.15) is 0 Å². The third-order valence-corrected chi connectivity index (χ3v) is 8.51. The summed E-state index contributed by atoms with van der Waals surface area (Å²) in [5.41, 5.74) is 5.79. The van der Waals surface area contributed by atoms with Gasteiger partial charge in [0.2, 0.25) is 5.91 Å². The summed E-state index contributed by atoms with van der Waals surface area (Å²) in [5, 5.41) is 8.68. The van der Waals surface area contributed by atoms with Crippen LogP contribution < -0.4 is 11.1 Å². The Morgan fingerprint density at radius 3 is 1.97 bits per heavy atom. The van der Waals surface area contributed by atoms with E-state index in [0.29, 0.717) is 24.6 Å². The number of aliphatic hydroxyl groups is 1. The molecule has 0 saturated carbocycles. The van der Waals surface area contributed by atoms with Crippen LogP contribution in [0, 0.1) is 0 Å². The predicted octanol–water partition coefficient (Wildman–Crippen LogP) is 0.162. The lowest BCUT2D eigenvalue weighted by molar-refractivity contribution is -0.122. The molecule has 0 aliphatic rings. The van der Waals surface area contributed by atoms with Gasteiger partial charge in [-0.1, -0.05) is 6.42 Å². The Kier molecular flexibility index (Phi) is 13.7. The summed E-state index contributed by atoms with van der Waals surface area (Å²) in [6, 6.07) is -0.799. The minimum absolute atomic E-state index is 0.159. The molecule has 0 bridgehead atoms. The average molecular weight is 502 g/mol. The Hall–Kier alpha value is 0.230. The van der Waals surface area contributed by atoms with Gasteiger partial charge in [0.15, 0.2) is 0 Å². The summed E-state index contributed by atoms with van der Waals surface area (Å²) in [6.45, 7) is 2.05. The highest BCUT2D eigenvalue weighted by Crippen LogP contribution is 2.69. The molecule has 0 aromatic heterocycles. The SMILES string of the molecule is N[C@@H](CCCCN(CCCl)CCCl)C(=O)NCCCC(O)(P(=O)(O)O)P(=O)(O)O. The molecule has 11 nitrogen and oxygen atoms in total. The van der Waals surface area contributed by atoms with Crippen molar-refractivity contribution < 1.29 is 38.6 Å². The highest BCUT2D eigenvalue weighted by atomic mass is 35.5. The molecule has 15 heteroatoms. The first-order chi connectivity index (χ1) is 13.3. The Labute approximate surface area is 180 Å². The third-order valence-electron chi connectivity index (χ3n) is 4.30. The van der Waals surface area contributed by atoms with E-state index in [2.05, 4.69) is 10.2 Å². The van der Waals surface area contributed by atoms with Crippen LogP contribution in [0.2, 0.25) is 0 Å². The van der Waals surface area contributed by atoms with E-state index in [9.17, 15) is 19.0 Å². The van der Waals surface area contributed by atoms with Crippen molar-refractivity contribution in [3.63, 3.8) is 0 Å². The second kappa shape index (κ2) is 13.6. The number of rotatable bonds is 16. The van der Waals surface area contributed by atoms with Gasteiger partial charge in [0.05, 0.1) is 6.04 Å². The van der Waals surface area contributed by atoms with Crippen LogP contribution in [-0.2, 0) is 13.9 Å². The van der Waals surface area contributed by atoms with Crippen LogP contribution in [0.1, 0.15) is 32.1 Å². The van der Waals surface area contributed by atoms with Gasteiger partial charge in [0.25, 0.3) is 5.08 Å². The van der Waals surface area contributed by atoms with Crippen LogP contribution in [0.25, 0.3) is 0 Å². The van der Waals surface area contributed by atoms with E-state index in [4.69, 9.17) is 48.5 Å². The first-order valence-electron chi connectivity index (χ1n) is 9.01. The molecule has 8 N–H and O–H groups in total. The quantitative estimate of drug-likeness (QED) is 0.0869. The number of carbonyl (C=O) groups is 1. The summed E-state index contributed by atoms with van der Waals surface area (Å²) >= 11 is 11.4. The predicted molar refractivity (Wildman–Crippen MR) is 111 cm³/mol. The number of nitrogens with two attached hydrogens (primary N) is 1. The number of amides is 1. The van der Waals surface area contributed by atoms with Crippen molar-refractivity contribution in [1.29, 1.82) is 0 Å². The molecule has 0 aromatic rings. The first-order valence-corrected chi connectivity index (χ1v) is 13.3. The van der Waals surface area contributed by atoms with Crippen molar-refractivity contribution in [1.82, 2.24) is 10.2 Å². The summed E-state index contributed by atoms with van der Waals surface area (Å²) in [7, 11) is -11.0. The van der Waals surface area contributed by atoms with Gasteiger partial charge in [0, 0.05) is 37.8 Å². The molecule has 0 spiro atoms. The average Bonchev–Trinajstić information content (AvgIpc) is 2.60. The minimum Gasteiger partial charge on any atom is -0.368 e. The smallest absolute Gasteiger partial charge is 0.368 e. The molecule has 0 radical (unpaired) electrons. The zero-order valence-corrected chi connectivity index (χ0v) is 19.3. The lowest BCUT2D eigenvalue weighted by Gasteiger charge is -2.29. The number of carbonyl (C=O) groups excluding carboxylic acids is 1. The Balaban J connectivity index is 4.28. The van der Waals surface area contributed by atoms with Crippen LogP contribution in [0.15, 0.2) is 0 Å². The third kappa shape index (κ3) is 10.4. The first kappa shape index (κ1) is 29.2. The number of hydrogen-bond donors (Lipinski definition) is 7. The van der Waals surface area contributed by atoms with Gasteiger partial charge in [-0.25, -0.2) is 0 Å². The zero-order chi connectivity index (χ0) is 22.7. The molecule has 0 aliphatic carbocycles. The van der Waals surface area contributed by atoms with Crippen molar-refractivity contribution in [2.75, 3.05) is 37.9 Å². The maximum atomic E-state index is 11.9. The number of hydrogen-bond acceptors (Lipinski definition) is 6. The molecule has 0 fully saturated rings. The lowest BCUT2D eigenvalue weighted by Crippen LogP contribution is -2.41. The molecular formula is C14H31Cl2N3O8P2. The van der Waals surface area contributed by atoms with Crippen LogP contribution in [-0.4, -0.2) is 84.6 Å². The van der Waals surface area contributed by atoms with Gasteiger partial charge in [-0.2, -0.15) is 0 Å². The number of nitrogens with zero attached hydrogens (tertiary/aromatic N) is 1.